The van der Waals surface area contributed by atoms with Crippen molar-refractivity contribution in [3.05, 3.63) is 24.6 Å². The van der Waals surface area contributed by atoms with Crippen molar-refractivity contribution in [2.75, 3.05) is 0 Å². The Morgan fingerprint density at radius 2 is 1.15 bits per heavy atom. The first kappa shape index (κ1) is 17.9. The summed E-state index contributed by atoms with van der Waals surface area (Å²) in [5.74, 6) is -2.65. The van der Waals surface area contributed by atoms with E-state index in [9.17, 15) is 30.7 Å². The van der Waals surface area contributed by atoms with Crippen LogP contribution in [-0.4, -0.2) is 6.43 Å². The topological polar surface area (TPSA) is 0 Å². The first-order chi connectivity index (χ1) is 5.29. The minimum absolute atomic E-state index is 0. The molecule has 0 fully saturated rings. The summed E-state index contributed by atoms with van der Waals surface area (Å²) in [5, 5.41) is 0. The van der Waals surface area contributed by atoms with Crippen LogP contribution in [0.1, 0.15) is 0 Å². The molecule has 0 spiro atoms. The Hall–Kier alpha value is -1.08. The van der Waals surface area contributed by atoms with Gasteiger partial charge in [0.25, 0.3) is 12.5 Å². The Kier molecular flexibility index (Phi) is 12.4. The van der Waals surface area contributed by atoms with Crippen molar-refractivity contribution < 1.29 is 35.4 Å². The lowest BCUT2D eigenvalue weighted by Gasteiger charge is -1.88. The van der Waals surface area contributed by atoms with Crippen molar-refractivity contribution in [3.8, 4) is 0 Å². The van der Waals surface area contributed by atoms with E-state index in [-0.39, 0.29) is 4.70 Å². The molecule has 0 bridgehead atoms. The molecule has 0 N–H and O–H groups in total. The molecule has 0 radical (unpaired) electrons. The van der Waals surface area contributed by atoms with Gasteiger partial charge in [0.2, 0.25) is 5.83 Å². The fourth-order valence-corrected chi connectivity index (χ4v) is 0.0825. The smallest absolute Gasteiger partial charge is 0.269 e. The molecule has 0 aromatic carbocycles. The van der Waals surface area contributed by atoms with E-state index in [0.29, 0.717) is 0 Å². The lowest BCUT2D eigenvalue weighted by Crippen LogP contribution is -1.90. The second-order valence-electron chi connectivity index (χ2n) is 1.25. The van der Waals surface area contributed by atoms with Crippen molar-refractivity contribution in [2.45, 2.75) is 6.43 Å². The fraction of sp³-hybridized carbons (Fsp3) is 0.200. The summed E-state index contributed by atoms with van der Waals surface area (Å²) in [7, 11) is 0. The van der Waals surface area contributed by atoms with Crippen molar-refractivity contribution in [3.63, 3.8) is 0 Å². The monoisotopic (exact) mass is 216 g/mol. The maximum absolute atomic E-state index is 11.0. The summed E-state index contributed by atoms with van der Waals surface area (Å²) in [5.41, 5.74) is 0. The highest BCUT2D eigenvalue weighted by Crippen LogP contribution is 2.16. The summed E-state index contributed by atoms with van der Waals surface area (Å²) < 4.78 is 74.2. The third-order valence-corrected chi connectivity index (χ3v) is 0.372. The van der Waals surface area contributed by atoms with Crippen LogP contribution >= 0.6 is 0 Å². The van der Waals surface area contributed by atoms with E-state index in [2.05, 4.69) is 6.58 Å². The number of halogens is 8. The first-order valence-electron chi connectivity index (χ1n) is 2.27. The average Bonchev–Trinajstić information content (AvgIpc) is 1.84. The first-order valence-corrected chi connectivity index (χ1v) is 2.27. The molecule has 0 aliphatic rings. The molecule has 80 valence electrons. The molecule has 0 saturated heterocycles. The van der Waals surface area contributed by atoms with Gasteiger partial charge in [-0.3, -0.25) is 4.70 Å². The van der Waals surface area contributed by atoms with Crippen LogP contribution in [0.3, 0.4) is 0 Å². The maximum Gasteiger partial charge on any atom is 0.307 e. The quantitative estimate of drug-likeness (QED) is 0.583. The van der Waals surface area contributed by atoms with Crippen LogP contribution in [0.25, 0.3) is 0 Å². The van der Waals surface area contributed by atoms with Crippen LogP contribution < -0.4 is 0 Å². The van der Waals surface area contributed by atoms with Gasteiger partial charge in [0.1, 0.15) is 0 Å². The van der Waals surface area contributed by atoms with Crippen LogP contribution in [0.4, 0.5) is 35.4 Å². The highest BCUT2D eigenvalue weighted by molar-refractivity contribution is 4.93. The highest BCUT2D eigenvalue weighted by atomic mass is 19.3. The third kappa shape index (κ3) is 18.1. The zero-order chi connectivity index (χ0) is 10.3. The Morgan fingerprint density at radius 1 is 0.923 bits per heavy atom. The van der Waals surface area contributed by atoms with E-state index in [0.717, 1.165) is 0 Å². The van der Waals surface area contributed by atoms with E-state index in [1.54, 1.807) is 0 Å². The van der Waals surface area contributed by atoms with E-state index in [4.69, 9.17) is 0 Å². The molecule has 0 unspecified atom stereocenters. The van der Waals surface area contributed by atoms with Gasteiger partial charge in [-0.15, -0.1) is 0 Å². The van der Waals surface area contributed by atoms with Gasteiger partial charge in [-0.05, 0) is 6.58 Å². The molecule has 13 heavy (non-hydrogen) atoms. The van der Waals surface area contributed by atoms with Crippen LogP contribution in [0.5, 0.6) is 0 Å². The molecular formula is C5H4F8. The predicted molar refractivity (Wildman–Crippen MR) is 30.2 cm³/mol. The normalized spacial score (nSPS) is 8.00. The number of rotatable bonds is 1. The van der Waals surface area contributed by atoms with Crippen LogP contribution in [0, 0.1) is 0 Å². The van der Waals surface area contributed by atoms with Gasteiger partial charge in [0, 0.05) is 0 Å². The zero-order valence-corrected chi connectivity index (χ0v) is 5.84. The molecule has 0 aromatic rings. The second kappa shape index (κ2) is 9.01. The number of alkyl halides is 2. The van der Waals surface area contributed by atoms with Gasteiger partial charge in [-0.2, -0.15) is 22.0 Å². The van der Waals surface area contributed by atoms with Gasteiger partial charge < -0.3 is 0 Å². The lowest BCUT2D eigenvalue weighted by molar-refractivity contribution is 0.145. The molecule has 0 aromatic heterocycles. The third-order valence-electron chi connectivity index (χ3n) is 0.372. The number of hydrogen-bond acceptors (Lipinski definition) is 0. The Labute approximate surface area is 67.7 Å². The second-order valence-corrected chi connectivity index (χ2v) is 1.25. The molecule has 8 heteroatoms. The molecule has 0 nitrogen and oxygen atoms in total. The van der Waals surface area contributed by atoms with Gasteiger partial charge in [0.15, 0.2) is 0 Å². The Morgan fingerprint density at radius 3 is 1.15 bits per heavy atom. The molecule has 0 saturated carbocycles. The molecule has 0 atom stereocenters. The Balaban J connectivity index is -0.000000173. The summed E-state index contributed by atoms with van der Waals surface area (Å²) in [6.07, 6.45) is -8.49. The lowest BCUT2D eigenvalue weighted by atomic mass is 10.6. The van der Waals surface area contributed by atoms with Crippen molar-refractivity contribution in [2.24, 2.45) is 0 Å². The van der Waals surface area contributed by atoms with Crippen LogP contribution in [0.15, 0.2) is 24.6 Å². The van der Waals surface area contributed by atoms with E-state index in [1.165, 1.54) is 0 Å². The van der Waals surface area contributed by atoms with E-state index >= 15 is 0 Å². The highest BCUT2D eigenvalue weighted by Gasteiger charge is 2.16. The summed E-state index contributed by atoms with van der Waals surface area (Å²) >= 11 is 0. The van der Waals surface area contributed by atoms with Gasteiger partial charge in [-0.1, -0.05) is 0 Å². The van der Waals surface area contributed by atoms with Crippen molar-refractivity contribution in [1.29, 1.82) is 0 Å². The minimum atomic E-state index is -3.69. The maximum atomic E-state index is 11.0. The van der Waals surface area contributed by atoms with Crippen molar-refractivity contribution in [1.82, 2.24) is 0 Å². The molecule has 0 heterocycles. The molecule has 0 aliphatic heterocycles. The summed E-state index contributed by atoms with van der Waals surface area (Å²) in [6.45, 7) is 2.22. The minimum Gasteiger partial charge on any atom is -0.269 e. The Bertz CT molecular complexity index is 163. The van der Waals surface area contributed by atoms with Gasteiger partial charge >= 0.3 is 6.08 Å². The number of hydrogen-bond donors (Lipinski definition) is 0. The molecule has 0 amide bonds. The van der Waals surface area contributed by atoms with Crippen LogP contribution in [0.2, 0.25) is 0 Å². The summed E-state index contributed by atoms with van der Waals surface area (Å²) in [4.78, 5) is 0. The zero-order valence-electron chi connectivity index (χ0n) is 5.84. The average molecular weight is 216 g/mol. The predicted octanol–water partition coefficient (Wildman–Crippen LogP) is 3.88. The van der Waals surface area contributed by atoms with Crippen molar-refractivity contribution >= 4 is 0 Å². The van der Waals surface area contributed by atoms with Gasteiger partial charge in [0.05, 0.1) is 0 Å². The fourth-order valence-electron chi connectivity index (χ4n) is 0.0825. The largest absolute Gasteiger partial charge is 0.307 e. The van der Waals surface area contributed by atoms with E-state index in [1.807, 2.05) is 0 Å². The summed E-state index contributed by atoms with van der Waals surface area (Å²) in [6, 6.07) is 0. The molecule has 0 rings (SSSR count). The SMILES string of the molecule is C=C(F)F.F.FC(F)=C(F)C(F)F. The molecule has 0 aliphatic carbocycles. The molecular weight excluding hydrogens is 212 g/mol. The van der Waals surface area contributed by atoms with Crippen LogP contribution in [-0.2, 0) is 0 Å². The number of allylic oxidation sites excluding steroid dienone is 1. The standard InChI is InChI=1S/C3HF5.C2H2F2.FH/c4-1(2(5)6)3(7)8;1-2(3)4;/h2H;1H2;1H. The van der Waals surface area contributed by atoms with Gasteiger partial charge in [-0.25, -0.2) is 8.78 Å². The van der Waals surface area contributed by atoms with E-state index < -0.39 is 24.4 Å².